The van der Waals surface area contributed by atoms with Crippen molar-refractivity contribution in [3.63, 3.8) is 0 Å². The molecule has 0 N–H and O–H groups in total. The Bertz CT molecular complexity index is 531. The van der Waals surface area contributed by atoms with Crippen LogP contribution in [-0.2, 0) is 6.42 Å². The van der Waals surface area contributed by atoms with Crippen LogP contribution >= 0.6 is 0 Å². The molecule has 0 amide bonds. The zero-order chi connectivity index (χ0) is 10.8. The number of rotatable bonds is 2. The topological polar surface area (TPSA) is 17.5 Å². The second kappa shape index (κ2) is 3.78. The molecule has 0 bridgehead atoms. The molecule has 2 nitrogen and oxygen atoms in total. The number of nitrogens with zero attached hydrogens (tertiary/aromatic N) is 1. The maximum Gasteiger partial charge on any atom is 0.218 e. The van der Waals surface area contributed by atoms with Crippen molar-refractivity contribution in [2.75, 3.05) is 6.54 Å². The van der Waals surface area contributed by atoms with Gasteiger partial charge in [-0.25, -0.2) is 6.57 Å². The molecule has 2 aromatic rings. The quantitative estimate of drug-likeness (QED) is 0.676. The summed E-state index contributed by atoms with van der Waals surface area (Å²) < 4.78 is 5.60. The van der Waals surface area contributed by atoms with Gasteiger partial charge in [0.25, 0.3) is 0 Å². The first-order valence-corrected chi connectivity index (χ1v) is 5.04. The largest absolute Gasteiger partial charge is 0.461 e. The molecule has 0 atom stereocenters. The smallest absolute Gasteiger partial charge is 0.218 e. The van der Waals surface area contributed by atoms with Crippen molar-refractivity contribution in [2.24, 2.45) is 0 Å². The highest BCUT2D eigenvalue weighted by Crippen LogP contribution is 2.25. The van der Waals surface area contributed by atoms with Gasteiger partial charge in [-0.05, 0) is 37.1 Å². The molecule has 15 heavy (non-hydrogen) atoms. The SMILES string of the molecule is [C-]#[N+]CCc1ccc2oc(C)c(C)c2c1. The van der Waals surface area contributed by atoms with Gasteiger partial charge in [-0.15, -0.1) is 0 Å². The minimum Gasteiger partial charge on any atom is -0.461 e. The maximum atomic E-state index is 6.77. The third kappa shape index (κ3) is 1.73. The Balaban J connectivity index is 2.46. The summed E-state index contributed by atoms with van der Waals surface area (Å²) in [7, 11) is 0. The lowest BCUT2D eigenvalue weighted by Gasteiger charge is -1.96. The minimum absolute atomic E-state index is 0.557. The van der Waals surface area contributed by atoms with Crippen LogP contribution in [0.2, 0.25) is 0 Å². The number of furan rings is 1. The Hall–Kier alpha value is -1.75. The van der Waals surface area contributed by atoms with Crippen molar-refractivity contribution in [1.82, 2.24) is 0 Å². The van der Waals surface area contributed by atoms with Crippen LogP contribution in [0, 0.1) is 20.4 Å². The fourth-order valence-corrected chi connectivity index (χ4v) is 1.73. The molecule has 2 rings (SSSR count). The Labute approximate surface area is 89.3 Å². The van der Waals surface area contributed by atoms with Crippen LogP contribution in [0.25, 0.3) is 15.8 Å². The van der Waals surface area contributed by atoms with Crippen molar-refractivity contribution in [2.45, 2.75) is 20.3 Å². The van der Waals surface area contributed by atoms with Crippen LogP contribution in [0.3, 0.4) is 0 Å². The summed E-state index contributed by atoms with van der Waals surface area (Å²) in [5, 5.41) is 1.18. The number of hydrogen-bond donors (Lipinski definition) is 0. The first kappa shape index (κ1) is 9.79. The van der Waals surface area contributed by atoms with Gasteiger partial charge in [-0.3, -0.25) is 0 Å². The van der Waals surface area contributed by atoms with E-state index in [1.54, 1.807) is 0 Å². The summed E-state index contributed by atoms with van der Waals surface area (Å²) in [5.41, 5.74) is 3.36. The predicted octanol–water partition coefficient (Wildman–Crippen LogP) is 3.51. The Morgan fingerprint density at radius 2 is 2.13 bits per heavy atom. The minimum atomic E-state index is 0.557. The van der Waals surface area contributed by atoms with Gasteiger partial charge < -0.3 is 9.26 Å². The molecule has 0 saturated heterocycles. The number of fused-ring (bicyclic) bond motifs is 1. The van der Waals surface area contributed by atoms with Crippen molar-refractivity contribution < 1.29 is 4.42 Å². The van der Waals surface area contributed by atoms with Crippen molar-refractivity contribution in [3.8, 4) is 0 Å². The molecule has 0 aliphatic heterocycles. The Kier molecular flexibility index (Phi) is 2.47. The molecular formula is C13H13NO. The van der Waals surface area contributed by atoms with Crippen LogP contribution in [0.1, 0.15) is 16.9 Å². The molecule has 0 saturated carbocycles. The van der Waals surface area contributed by atoms with E-state index in [1.165, 1.54) is 16.5 Å². The monoisotopic (exact) mass is 199 g/mol. The van der Waals surface area contributed by atoms with E-state index in [-0.39, 0.29) is 0 Å². The number of benzene rings is 1. The van der Waals surface area contributed by atoms with Gasteiger partial charge in [0.15, 0.2) is 0 Å². The third-order valence-electron chi connectivity index (χ3n) is 2.75. The summed E-state index contributed by atoms with van der Waals surface area (Å²) in [6.45, 7) is 11.4. The van der Waals surface area contributed by atoms with Crippen molar-refractivity contribution >= 4 is 11.0 Å². The van der Waals surface area contributed by atoms with Crippen LogP contribution in [0.15, 0.2) is 22.6 Å². The summed E-state index contributed by atoms with van der Waals surface area (Å²) in [6.07, 6.45) is 0.823. The maximum absolute atomic E-state index is 6.77. The lowest BCUT2D eigenvalue weighted by atomic mass is 10.1. The van der Waals surface area contributed by atoms with Crippen molar-refractivity contribution in [1.29, 1.82) is 0 Å². The molecule has 0 aliphatic rings. The van der Waals surface area contributed by atoms with Crippen LogP contribution in [0.4, 0.5) is 0 Å². The van der Waals surface area contributed by atoms with Gasteiger partial charge in [0.05, 0.1) is 0 Å². The molecule has 1 aromatic carbocycles. The van der Waals surface area contributed by atoms with E-state index in [1.807, 2.05) is 19.1 Å². The van der Waals surface area contributed by atoms with Gasteiger partial charge in [0, 0.05) is 11.8 Å². The second-order valence-corrected chi connectivity index (χ2v) is 3.75. The second-order valence-electron chi connectivity index (χ2n) is 3.75. The number of aryl methyl sites for hydroxylation is 2. The average molecular weight is 199 g/mol. The average Bonchev–Trinajstić information content (AvgIpc) is 2.52. The molecule has 76 valence electrons. The van der Waals surface area contributed by atoms with Gasteiger partial charge in [0.1, 0.15) is 11.3 Å². The van der Waals surface area contributed by atoms with Gasteiger partial charge in [-0.1, -0.05) is 6.07 Å². The third-order valence-corrected chi connectivity index (χ3v) is 2.75. The van der Waals surface area contributed by atoms with Gasteiger partial charge in [-0.2, -0.15) is 0 Å². The zero-order valence-electron chi connectivity index (χ0n) is 9.00. The number of hydrogen-bond acceptors (Lipinski definition) is 1. The highest BCUT2D eigenvalue weighted by atomic mass is 16.3. The summed E-state index contributed by atoms with van der Waals surface area (Å²) in [5.74, 6) is 0.979. The molecular weight excluding hydrogens is 186 g/mol. The standard InChI is InChI=1S/C13H13NO/c1-9-10(2)15-13-5-4-11(6-7-14-3)8-12(9)13/h4-5,8H,6-7H2,1-2H3. The predicted molar refractivity (Wildman–Crippen MR) is 60.9 cm³/mol. The first-order valence-electron chi connectivity index (χ1n) is 5.04. The first-order chi connectivity index (χ1) is 7.22. The molecule has 0 aliphatic carbocycles. The summed E-state index contributed by atoms with van der Waals surface area (Å²) in [6, 6.07) is 6.16. The molecule has 1 heterocycles. The van der Waals surface area contributed by atoms with Gasteiger partial charge in [0.2, 0.25) is 6.54 Å². The summed E-state index contributed by atoms with van der Waals surface area (Å²) in [4.78, 5) is 3.37. The normalized spacial score (nSPS) is 10.5. The molecule has 2 heteroatoms. The fraction of sp³-hybridized carbons (Fsp3) is 0.308. The van der Waals surface area contributed by atoms with Crippen LogP contribution < -0.4 is 0 Å². The molecule has 0 unspecified atom stereocenters. The van der Waals surface area contributed by atoms with E-state index < -0.39 is 0 Å². The lowest BCUT2D eigenvalue weighted by molar-refractivity contribution is 0.575. The van der Waals surface area contributed by atoms with Crippen molar-refractivity contribution in [3.05, 3.63) is 46.5 Å². The fourth-order valence-electron chi connectivity index (χ4n) is 1.73. The van der Waals surface area contributed by atoms with E-state index in [4.69, 9.17) is 11.0 Å². The van der Waals surface area contributed by atoms with E-state index >= 15 is 0 Å². The Morgan fingerprint density at radius 3 is 2.87 bits per heavy atom. The summed E-state index contributed by atoms with van der Waals surface area (Å²) >= 11 is 0. The molecule has 0 radical (unpaired) electrons. The van der Waals surface area contributed by atoms with Gasteiger partial charge >= 0.3 is 0 Å². The molecule has 0 spiro atoms. The van der Waals surface area contributed by atoms with Crippen LogP contribution in [-0.4, -0.2) is 6.54 Å². The molecule has 1 aromatic heterocycles. The van der Waals surface area contributed by atoms with Crippen LogP contribution in [0.5, 0.6) is 0 Å². The molecule has 0 fully saturated rings. The van der Waals surface area contributed by atoms with E-state index in [0.29, 0.717) is 6.54 Å². The highest BCUT2D eigenvalue weighted by molar-refractivity contribution is 5.82. The van der Waals surface area contributed by atoms with E-state index in [2.05, 4.69) is 17.8 Å². The Morgan fingerprint density at radius 1 is 1.33 bits per heavy atom. The highest BCUT2D eigenvalue weighted by Gasteiger charge is 2.07. The zero-order valence-corrected chi connectivity index (χ0v) is 9.00. The van der Waals surface area contributed by atoms with E-state index in [9.17, 15) is 0 Å². The lowest BCUT2D eigenvalue weighted by Crippen LogP contribution is -1.86. The van der Waals surface area contributed by atoms with E-state index in [0.717, 1.165) is 17.8 Å².